The summed E-state index contributed by atoms with van der Waals surface area (Å²) in [5.41, 5.74) is 2.85. The predicted octanol–water partition coefficient (Wildman–Crippen LogP) is 1.54. The number of aromatic nitrogens is 2. The molecule has 1 fully saturated rings. The molecule has 0 spiro atoms. The topological polar surface area (TPSA) is 94.8 Å². The molecule has 1 saturated heterocycles. The molecule has 1 atom stereocenters. The molecule has 1 aromatic carbocycles. The number of likely N-dealkylation sites (tertiary alicyclic amines) is 1. The van der Waals surface area contributed by atoms with Gasteiger partial charge in [0.15, 0.2) is 0 Å². The molecule has 4 rings (SSSR count). The second-order valence-electron chi connectivity index (χ2n) is 6.75. The van der Waals surface area contributed by atoms with E-state index in [4.69, 9.17) is 9.25 Å². The Morgan fingerprint density at radius 1 is 1.50 bits per heavy atom. The number of aliphatic hydroxyl groups excluding tert-OH is 1. The number of β-amino-alcohol motifs (C(OH)–C–C–N with tert-alkyl or cyclic N) is 1. The van der Waals surface area contributed by atoms with Crippen LogP contribution in [0.5, 0.6) is 0 Å². The molecule has 26 heavy (non-hydrogen) atoms. The summed E-state index contributed by atoms with van der Waals surface area (Å²) in [5, 5.41) is 12.1. The first-order chi connectivity index (χ1) is 12.5. The largest absolute Gasteiger partial charge is 0.448 e. The van der Waals surface area contributed by atoms with Gasteiger partial charge in [-0.25, -0.2) is 4.98 Å². The number of nitrogens with zero attached hydrogens (tertiary/aromatic N) is 3. The number of hydrogen-bond acceptors (Lipinski definition) is 7. The molecule has 1 aliphatic rings. The average molecular weight is 358 g/mol. The van der Waals surface area contributed by atoms with Crippen LogP contribution in [0.4, 0.5) is 5.69 Å². The number of aryl methyl sites for hydroxylation is 1. The number of aromatic amines is 1. The van der Waals surface area contributed by atoms with Gasteiger partial charge in [0.25, 0.3) is 5.56 Å². The molecule has 8 nitrogen and oxygen atoms in total. The molecular formula is C18H22N4O4. The normalized spacial score (nSPS) is 18.2. The van der Waals surface area contributed by atoms with Gasteiger partial charge in [0.2, 0.25) is 5.58 Å². The lowest BCUT2D eigenvalue weighted by Crippen LogP contribution is -2.24. The van der Waals surface area contributed by atoms with Crippen LogP contribution < -0.4 is 10.6 Å². The number of H-pyrrole nitrogens is 1. The third-order valence-corrected chi connectivity index (χ3v) is 4.93. The fourth-order valence-corrected chi connectivity index (χ4v) is 3.61. The highest BCUT2D eigenvalue weighted by molar-refractivity contribution is 6.10. The predicted molar refractivity (Wildman–Crippen MR) is 98.2 cm³/mol. The molecule has 8 heteroatoms. The van der Waals surface area contributed by atoms with Crippen molar-refractivity contribution >= 4 is 27.8 Å². The van der Waals surface area contributed by atoms with Crippen LogP contribution in [0, 0.1) is 6.92 Å². The van der Waals surface area contributed by atoms with Crippen molar-refractivity contribution in [2.75, 3.05) is 32.3 Å². The molecule has 0 aliphatic carbocycles. The van der Waals surface area contributed by atoms with E-state index in [0.717, 1.165) is 29.6 Å². The number of nitrogens with one attached hydrogen (secondary N) is 1. The first-order valence-electron chi connectivity index (χ1n) is 8.61. The molecule has 3 aromatic rings. The van der Waals surface area contributed by atoms with Crippen molar-refractivity contribution in [2.24, 2.45) is 0 Å². The van der Waals surface area contributed by atoms with Gasteiger partial charge in [-0.05, 0) is 25.0 Å². The van der Waals surface area contributed by atoms with Crippen molar-refractivity contribution in [3.05, 3.63) is 33.9 Å². The first kappa shape index (κ1) is 17.0. The van der Waals surface area contributed by atoms with Crippen LogP contribution in [0.2, 0.25) is 0 Å². The minimum absolute atomic E-state index is 0.210. The van der Waals surface area contributed by atoms with Crippen LogP contribution >= 0.6 is 0 Å². The molecule has 0 radical (unpaired) electrons. The van der Waals surface area contributed by atoms with E-state index in [1.54, 1.807) is 19.2 Å². The molecule has 2 aromatic heterocycles. The van der Waals surface area contributed by atoms with Gasteiger partial charge in [-0.2, -0.15) is 0 Å². The van der Waals surface area contributed by atoms with Crippen LogP contribution in [-0.4, -0.2) is 53.3 Å². The number of benzene rings is 1. The second-order valence-corrected chi connectivity index (χ2v) is 6.75. The molecule has 0 amide bonds. The maximum atomic E-state index is 12.5. The fraction of sp³-hybridized carbons (Fsp3) is 0.444. The summed E-state index contributed by atoms with van der Waals surface area (Å²) in [6.45, 7) is 3.83. The van der Waals surface area contributed by atoms with Gasteiger partial charge in [-0.3, -0.25) is 19.6 Å². The van der Waals surface area contributed by atoms with Gasteiger partial charge in [0.05, 0.1) is 30.8 Å². The lowest BCUT2D eigenvalue weighted by molar-refractivity contribution is 0.174. The standard InChI is InChI=1S/C18H22N4O4/c1-10-4-5-12-14(16(10)21(2)25-3)15-17(26-12)18(24)20-13(19-15)9-22-7-6-11(23)8-22/h4-5,11,23H,6-9H2,1-3H3,(H,19,20,24)/t11-/m0/s1. The Bertz CT molecular complexity index is 1030. The highest BCUT2D eigenvalue weighted by Crippen LogP contribution is 2.36. The quantitative estimate of drug-likeness (QED) is 0.683. The van der Waals surface area contributed by atoms with E-state index in [0.29, 0.717) is 30.0 Å². The van der Waals surface area contributed by atoms with Crippen LogP contribution in [0.3, 0.4) is 0 Å². The lowest BCUT2D eigenvalue weighted by atomic mass is 10.1. The average Bonchev–Trinajstić information content (AvgIpc) is 3.18. The van der Waals surface area contributed by atoms with Gasteiger partial charge >= 0.3 is 0 Å². The molecular weight excluding hydrogens is 336 g/mol. The van der Waals surface area contributed by atoms with Gasteiger partial charge in [0.1, 0.15) is 16.9 Å². The molecule has 0 bridgehead atoms. The Balaban J connectivity index is 1.89. The zero-order chi connectivity index (χ0) is 18.4. The summed E-state index contributed by atoms with van der Waals surface area (Å²) in [6.07, 6.45) is 0.424. The minimum Gasteiger partial charge on any atom is -0.448 e. The van der Waals surface area contributed by atoms with E-state index in [9.17, 15) is 9.90 Å². The van der Waals surface area contributed by atoms with Crippen LogP contribution in [-0.2, 0) is 11.4 Å². The van der Waals surface area contributed by atoms with Crippen LogP contribution in [0.1, 0.15) is 17.8 Å². The Kier molecular flexibility index (Phi) is 4.18. The molecule has 3 heterocycles. The smallest absolute Gasteiger partial charge is 0.294 e. The summed E-state index contributed by atoms with van der Waals surface area (Å²) in [5.74, 6) is 0.562. The van der Waals surface area contributed by atoms with Crippen LogP contribution in [0.15, 0.2) is 21.3 Å². The number of aliphatic hydroxyl groups is 1. The zero-order valence-corrected chi connectivity index (χ0v) is 15.1. The molecule has 0 unspecified atom stereocenters. The number of furan rings is 1. The third-order valence-electron chi connectivity index (χ3n) is 4.93. The number of anilines is 1. The van der Waals surface area contributed by atoms with Gasteiger partial charge in [-0.1, -0.05) is 6.07 Å². The summed E-state index contributed by atoms with van der Waals surface area (Å²) in [7, 11) is 3.39. The van der Waals surface area contributed by atoms with E-state index in [1.807, 2.05) is 19.1 Å². The lowest BCUT2D eigenvalue weighted by Gasteiger charge is -2.19. The maximum absolute atomic E-state index is 12.5. The van der Waals surface area contributed by atoms with E-state index < -0.39 is 0 Å². The van der Waals surface area contributed by atoms with Gasteiger partial charge < -0.3 is 14.5 Å². The van der Waals surface area contributed by atoms with Crippen molar-refractivity contribution in [1.29, 1.82) is 0 Å². The van der Waals surface area contributed by atoms with Crippen LogP contribution in [0.25, 0.3) is 22.1 Å². The zero-order valence-electron chi connectivity index (χ0n) is 15.1. The highest BCUT2D eigenvalue weighted by Gasteiger charge is 2.23. The summed E-state index contributed by atoms with van der Waals surface area (Å²) >= 11 is 0. The SMILES string of the molecule is CON(C)c1c(C)ccc2oc3c(=O)[nH]c(CN4CC[C@H](O)C4)nc3c12. The second kappa shape index (κ2) is 6.39. The highest BCUT2D eigenvalue weighted by atomic mass is 16.7. The number of hydrogen-bond donors (Lipinski definition) is 2. The van der Waals surface area contributed by atoms with E-state index in [-0.39, 0.29) is 17.2 Å². The number of hydroxylamine groups is 1. The molecule has 2 N–H and O–H groups in total. The molecule has 0 saturated carbocycles. The molecule has 138 valence electrons. The van der Waals surface area contributed by atoms with E-state index in [2.05, 4.69) is 14.9 Å². The first-order valence-corrected chi connectivity index (χ1v) is 8.61. The van der Waals surface area contributed by atoms with Crippen molar-refractivity contribution in [3.8, 4) is 0 Å². The summed E-state index contributed by atoms with van der Waals surface area (Å²) in [4.78, 5) is 27.5. The Morgan fingerprint density at radius 2 is 2.31 bits per heavy atom. The maximum Gasteiger partial charge on any atom is 0.294 e. The summed E-state index contributed by atoms with van der Waals surface area (Å²) in [6, 6.07) is 3.77. The van der Waals surface area contributed by atoms with Crippen molar-refractivity contribution in [3.63, 3.8) is 0 Å². The van der Waals surface area contributed by atoms with Crippen molar-refractivity contribution in [1.82, 2.24) is 14.9 Å². The van der Waals surface area contributed by atoms with Gasteiger partial charge in [0, 0.05) is 20.1 Å². The van der Waals surface area contributed by atoms with E-state index >= 15 is 0 Å². The summed E-state index contributed by atoms with van der Waals surface area (Å²) < 4.78 is 5.77. The third kappa shape index (κ3) is 2.76. The monoisotopic (exact) mass is 358 g/mol. The van der Waals surface area contributed by atoms with Gasteiger partial charge in [-0.15, -0.1) is 0 Å². The Morgan fingerprint density at radius 3 is 3.00 bits per heavy atom. The van der Waals surface area contributed by atoms with E-state index in [1.165, 1.54) is 0 Å². The fourth-order valence-electron chi connectivity index (χ4n) is 3.61. The minimum atomic E-state index is -0.315. The molecule has 1 aliphatic heterocycles. The number of rotatable bonds is 4. The number of fused-ring (bicyclic) bond motifs is 3. The Hall–Kier alpha value is -2.42. The van der Waals surface area contributed by atoms with Crippen molar-refractivity contribution < 1.29 is 14.4 Å². The van der Waals surface area contributed by atoms with Crippen molar-refractivity contribution in [2.45, 2.75) is 26.0 Å². The Labute approximate surface area is 149 Å².